The van der Waals surface area contributed by atoms with Gasteiger partial charge < -0.3 is 15.4 Å². The topological polar surface area (TPSA) is 66.0 Å². The van der Waals surface area contributed by atoms with Crippen molar-refractivity contribution >= 4 is 35.9 Å². The summed E-state index contributed by atoms with van der Waals surface area (Å²) < 4.78 is 4.72. The summed E-state index contributed by atoms with van der Waals surface area (Å²) in [5, 5.41) is 6.64. The van der Waals surface area contributed by atoms with E-state index in [9.17, 15) is 4.79 Å². The van der Waals surface area contributed by atoms with Gasteiger partial charge in [-0.3, -0.25) is 9.89 Å². The van der Waals surface area contributed by atoms with E-state index >= 15 is 0 Å². The number of rotatable bonds is 7. The van der Waals surface area contributed by atoms with Crippen molar-refractivity contribution in [2.45, 2.75) is 32.5 Å². The molecule has 0 atom stereocenters. The quantitative estimate of drug-likeness (QED) is 0.252. The van der Waals surface area contributed by atoms with Crippen molar-refractivity contribution in [3.63, 3.8) is 0 Å². The number of carbonyl (C=O) groups excluding carboxylic acids is 1. The van der Waals surface area contributed by atoms with E-state index in [0.717, 1.165) is 18.1 Å². The molecule has 0 spiro atoms. The number of guanidine groups is 1. The SMILES string of the molecule is CN=C(NCc1ccc(CN2CCCC2)cc1)NCc1ccc(C(=O)OC)cc1.I. The maximum atomic E-state index is 11.5. The first-order valence-corrected chi connectivity index (χ1v) is 10.1. The summed E-state index contributed by atoms with van der Waals surface area (Å²) in [4.78, 5) is 18.3. The molecule has 1 saturated heterocycles. The number of nitrogens with zero attached hydrogens (tertiary/aromatic N) is 2. The minimum Gasteiger partial charge on any atom is -0.465 e. The average molecular weight is 522 g/mol. The summed E-state index contributed by atoms with van der Waals surface area (Å²) in [7, 11) is 3.14. The van der Waals surface area contributed by atoms with Crippen LogP contribution in [0.2, 0.25) is 0 Å². The fraction of sp³-hybridized carbons (Fsp3) is 0.391. The predicted octanol–water partition coefficient (Wildman–Crippen LogP) is 3.55. The molecule has 7 heteroatoms. The van der Waals surface area contributed by atoms with Gasteiger partial charge in [0, 0.05) is 26.7 Å². The second-order valence-corrected chi connectivity index (χ2v) is 7.27. The van der Waals surface area contributed by atoms with Crippen LogP contribution in [0.5, 0.6) is 0 Å². The van der Waals surface area contributed by atoms with Crippen LogP contribution in [0, 0.1) is 0 Å². The summed E-state index contributed by atoms with van der Waals surface area (Å²) in [5.41, 5.74) is 4.20. The number of halogens is 1. The highest BCUT2D eigenvalue weighted by atomic mass is 127. The number of aliphatic imine (C=N–C) groups is 1. The van der Waals surface area contributed by atoms with Gasteiger partial charge in [-0.15, -0.1) is 24.0 Å². The van der Waals surface area contributed by atoms with Crippen LogP contribution in [-0.2, 0) is 24.4 Å². The Morgan fingerprint density at radius 2 is 1.43 bits per heavy atom. The van der Waals surface area contributed by atoms with E-state index in [1.54, 1.807) is 19.2 Å². The van der Waals surface area contributed by atoms with Gasteiger partial charge in [-0.25, -0.2) is 4.79 Å². The molecule has 0 unspecified atom stereocenters. The highest BCUT2D eigenvalue weighted by Gasteiger charge is 2.11. The summed E-state index contributed by atoms with van der Waals surface area (Å²) >= 11 is 0. The van der Waals surface area contributed by atoms with Gasteiger partial charge in [-0.2, -0.15) is 0 Å². The Kier molecular flexibility index (Phi) is 10.1. The number of methoxy groups -OCH3 is 1. The van der Waals surface area contributed by atoms with Gasteiger partial charge >= 0.3 is 5.97 Å². The van der Waals surface area contributed by atoms with Crippen LogP contribution in [0.1, 0.15) is 39.9 Å². The maximum Gasteiger partial charge on any atom is 0.337 e. The van der Waals surface area contributed by atoms with Crippen molar-refractivity contribution in [3.05, 3.63) is 70.8 Å². The van der Waals surface area contributed by atoms with Gasteiger partial charge in [0.1, 0.15) is 0 Å². The van der Waals surface area contributed by atoms with E-state index in [4.69, 9.17) is 4.74 Å². The molecular formula is C23H31IN4O2. The molecule has 2 N–H and O–H groups in total. The number of hydrogen-bond donors (Lipinski definition) is 2. The lowest BCUT2D eigenvalue weighted by molar-refractivity contribution is 0.0600. The smallest absolute Gasteiger partial charge is 0.337 e. The molecule has 0 saturated carbocycles. The van der Waals surface area contributed by atoms with Crippen molar-refractivity contribution in [1.82, 2.24) is 15.5 Å². The van der Waals surface area contributed by atoms with Gasteiger partial charge in [-0.05, 0) is 54.8 Å². The Labute approximate surface area is 196 Å². The van der Waals surface area contributed by atoms with Gasteiger partial charge in [0.2, 0.25) is 0 Å². The number of esters is 1. The zero-order valence-electron chi connectivity index (χ0n) is 17.7. The first-order valence-electron chi connectivity index (χ1n) is 10.1. The summed E-state index contributed by atoms with van der Waals surface area (Å²) in [6.07, 6.45) is 2.65. The molecule has 1 aliphatic heterocycles. The third kappa shape index (κ3) is 7.28. The van der Waals surface area contributed by atoms with E-state index in [2.05, 4.69) is 44.8 Å². The molecule has 2 aromatic rings. The zero-order chi connectivity index (χ0) is 20.5. The van der Waals surface area contributed by atoms with Gasteiger partial charge in [0.15, 0.2) is 5.96 Å². The van der Waals surface area contributed by atoms with Crippen LogP contribution >= 0.6 is 24.0 Å². The molecular weight excluding hydrogens is 491 g/mol. The number of carbonyl (C=O) groups is 1. The van der Waals surface area contributed by atoms with Crippen LogP contribution in [0.3, 0.4) is 0 Å². The minimum atomic E-state index is -0.326. The molecule has 0 radical (unpaired) electrons. The Morgan fingerprint density at radius 1 is 0.933 bits per heavy atom. The lowest BCUT2D eigenvalue weighted by Gasteiger charge is -2.15. The Balaban J connectivity index is 0.00000320. The Bertz CT molecular complexity index is 816. The predicted molar refractivity (Wildman–Crippen MR) is 131 cm³/mol. The summed E-state index contributed by atoms with van der Waals surface area (Å²) in [5.74, 6) is 0.414. The Hall–Kier alpha value is -2.13. The number of hydrogen-bond acceptors (Lipinski definition) is 4. The minimum absolute atomic E-state index is 0. The molecule has 1 heterocycles. The largest absolute Gasteiger partial charge is 0.465 e. The number of likely N-dealkylation sites (tertiary alicyclic amines) is 1. The van der Waals surface area contributed by atoms with Gasteiger partial charge in [-0.1, -0.05) is 36.4 Å². The van der Waals surface area contributed by atoms with Crippen LogP contribution in [0.25, 0.3) is 0 Å². The third-order valence-electron chi connectivity index (χ3n) is 5.15. The monoisotopic (exact) mass is 522 g/mol. The fourth-order valence-corrected chi connectivity index (χ4v) is 3.43. The van der Waals surface area contributed by atoms with Gasteiger partial charge in [0.05, 0.1) is 12.7 Å². The second kappa shape index (κ2) is 12.5. The number of benzene rings is 2. The summed E-state index contributed by atoms with van der Waals surface area (Å²) in [6, 6.07) is 16.1. The molecule has 1 fully saturated rings. The molecule has 2 aromatic carbocycles. The Morgan fingerprint density at radius 3 is 1.93 bits per heavy atom. The molecule has 6 nitrogen and oxygen atoms in total. The molecule has 0 amide bonds. The van der Waals surface area contributed by atoms with E-state index in [-0.39, 0.29) is 29.9 Å². The van der Waals surface area contributed by atoms with Crippen molar-refractivity contribution < 1.29 is 9.53 Å². The average Bonchev–Trinajstić information content (AvgIpc) is 3.28. The molecule has 162 valence electrons. The molecule has 3 rings (SSSR count). The van der Waals surface area contributed by atoms with E-state index < -0.39 is 0 Å². The highest BCUT2D eigenvalue weighted by Crippen LogP contribution is 2.13. The molecule has 30 heavy (non-hydrogen) atoms. The standard InChI is InChI=1S/C23H30N4O2.HI/c1-24-23(26-16-19-9-11-21(12-10-19)22(28)29-2)25-15-18-5-7-20(8-6-18)17-27-13-3-4-14-27;/h5-12H,3-4,13-17H2,1-2H3,(H2,24,25,26);1H. The van der Waals surface area contributed by atoms with E-state index in [0.29, 0.717) is 18.7 Å². The number of ether oxygens (including phenoxy) is 1. The first kappa shape index (κ1) is 24.1. The molecule has 1 aliphatic rings. The third-order valence-corrected chi connectivity index (χ3v) is 5.15. The summed E-state index contributed by atoms with van der Waals surface area (Å²) in [6.45, 7) is 4.82. The van der Waals surface area contributed by atoms with Crippen molar-refractivity contribution in [2.75, 3.05) is 27.2 Å². The van der Waals surface area contributed by atoms with Gasteiger partial charge in [0.25, 0.3) is 0 Å². The highest BCUT2D eigenvalue weighted by molar-refractivity contribution is 14.0. The van der Waals surface area contributed by atoms with E-state index in [1.165, 1.54) is 44.2 Å². The second-order valence-electron chi connectivity index (χ2n) is 7.27. The zero-order valence-corrected chi connectivity index (χ0v) is 20.0. The van der Waals surface area contributed by atoms with Crippen LogP contribution in [0.4, 0.5) is 0 Å². The van der Waals surface area contributed by atoms with Crippen molar-refractivity contribution in [2.24, 2.45) is 4.99 Å². The molecule has 0 aliphatic carbocycles. The van der Waals surface area contributed by atoms with Crippen molar-refractivity contribution in [3.8, 4) is 0 Å². The van der Waals surface area contributed by atoms with E-state index in [1.807, 2.05) is 12.1 Å². The number of nitrogens with one attached hydrogen (secondary N) is 2. The maximum absolute atomic E-state index is 11.5. The normalized spacial score (nSPS) is 14.1. The van der Waals surface area contributed by atoms with Crippen molar-refractivity contribution in [1.29, 1.82) is 0 Å². The molecule has 0 bridgehead atoms. The van der Waals surface area contributed by atoms with Crippen LogP contribution in [-0.4, -0.2) is 44.1 Å². The first-order chi connectivity index (χ1) is 14.2. The molecule has 0 aromatic heterocycles. The fourth-order valence-electron chi connectivity index (χ4n) is 3.43. The van der Waals surface area contributed by atoms with Crippen LogP contribution in [0.15, 0.2) is 53.5 Å². The lowest BCUT2D eigenvalue weighted by atomic mass is 10.1. The lowest BCUT2D eigenvalue weighted by Crippen LogP contribution is -2.36. The van der Waals surface area contributed by atoms with Crippen LogP contribution < -0.4 is 10.6 Å².